The highest BCUT2D eigenvalue weighted by Gasteiger charge is 2.26. The van der Waals surface area contributed by atoms with Gasteiger partial charge in [-0.05, 0) is 185 Å². The summed E-state index contributed by atoms with van der Waals surface area (Å²) in [5.74, 6) is -7.68. The van der Waals surface area contributed by atoms with Crippen LogP contribution in [0.3, 0.4) is 0 Å². The molecule has 0 saturated carbocycles. The second kappa shape index (κ2) is 32.7. The van der Waals surface area contributed by atoms with Crippen molar-refractivity contribution in [3.63, 3.8) is 0 Å². The van der Waals surface area contributed by atoms with Crippen LogP contribution in [0.1, 0.15) is 47.8 Å². The van der Waals surface area contributed by atoms with E-state index in [1.165, 1.54) is 54.6 Å². The lowest BCUT2D eigenvalue weighted by molar-refractivity contribution is 0.101. The summed E-state index contributed by atoms with van der Waals surface area (Å²) in [7, 11) is -12.1. The number of hydrogen-bond donors (Lipinski definition) is 9. The van der Waals surface area contributed by atoms with E-state index < -0.39 is 118 Å². The van der Waals surface area contributed by atoms with Gasteiger partial charge in [0, 0.05) is 34.1 Å². The van der Waals surface area contributed by atoms with E-state index in [0.717, 1.165) is 71.9 Å². The van der Waals surface area contributed by atoms with E-state index in [1.54, 1.807) is 72.8 Å². The number of aromatic nitrogens is 3. The van der Waals surface area contributed by atoms with Gasteiger partial charge in [0.1, 0.15) is 17.2 Å². The number of hydrogen-bond acceptors (Lipinski definition) is 24. The van der Waals surface area contributed by atoms with Crippen molar-refractivity contribution < 1.29 is 68.2 Å². The molecule has 0 spiro atoms. The Kier molecular flexibility index (Phi) is 23.0. The summed E-state index contributed by atoms with van der Waals surface area (Å²) in [6.45, 7) is 5.78. The zero-order chi connectivity index (χ0) is 75.0. The highest BCUT2D eigenvalue weighted by Crippen LogP contribution is 2.32. The van der Waals surface area contributed by atoms with Crippen LogP contribution in [0.25, 0.3) is 0 Å². The number of amides is 6. The molecule has 1 aromatic heterocycles. The van der Waals surface area contributed by atoms with Crippen LogP contribution in [-0.4, -0.2) is 95.0 Å². The monoisotopic (exact) mass is 1480 g/mol. The number of aryl methyl sites for hydroxylation is 3. The first-order valence-corrected chi connectivity index (χ1v) is 36.4. The Balaban J connectivity index is 0.955. The summed E-state index contributed by atoms with van der Waals surface area (Å²) in [6.07, 6.45) is -0.970. The van der Waals surface area contributed by atoms with Crippen molar-refractivity contribution in [3.8, 4) is 17.2 Å². The van der Waals surface area contributed by atoms with Crippen LogP contribution in [0.4, 0.5) is 100 Å². The Morgan fingerprint density at radius 1 is 0.286 bits per heavy atom. The Hall–Kier alpha value is -13.7. The maximum atomic E-state index is 14.7. The smallest absolute Gasteiger partial charge is 0.409 e. The fourth-order valence-corrected chi connectivity index (χ4v) is 10.7. The molecule has 0 saturated heterocycles. The number of rotatable bonds is 24. The van der Waals surface area contributed by atoms with E-state index in [9.17, 15) is 54.0 Å². The summed E-state index contributed by atoms with van der Waals surface area (Å²) in [4.78, 5) is 97.2. The van der Waals surface area contributed by atoms with Gasteiger partial charge in [-0.1, -0.05) is 53.1 Å². The van der Waals surface area contributed by atoms with E-state index in [4.69, 9.17) is 14.2 Å². The predicted octanol–water partition coefficient (Wildman–Crippen LogP) is 14.7. The minimum atomic E-state index is -4.03. The fourth-order valence-electron chi connectivity index (χ4n) is 9.02. The fraction of sp³-hybridized carbons (Fsp3) is 0.0870. The van der Waals surface area contributed by atoms with Crippen LogP contribution in [-0.2, 0) is 30.1 Å². The van der Waals surface area contributed by atoms with Crippen molar-refractivity contribution in [2.75, 3.05) is 64.8 Å². The highest BCUT2D eigenvalue weighted by molar-refractivity contribution is 7.92. The molecule has 105 heavy (non-hydrogen) atoms. The number of carbonyl (C=O) groups is 6. The van der Waals surface area contributed by atoms with Gasteiger partial charge in [0.05, 0.1) is 69.6 Å². The standard InChI is InChI=1S/C69H60N18O15S3/c1-40-7-13-46(14-8-40)79-82-49-25-19-43(20-26-49)70-67(91)100-58-34-31-52(85-103(4,94)95)37-55(58)61(88)73-64-76-65(74-62(89)56-38-53(86-104(5,96)97)32-35-59(56)101-68(92)71-44-21-27-50(28-22-44)83-80-47-15-9-41(2)10-16-47)78-66(77-64)75-63(90)57-39-54(87-105(6,98)99)33-36-60(57)102-69(93)72-45-23-29-51(30-24-45)84-81-48-17-11-42(3)12-18-48/h7-39,85-87H,1-6H3,(H,70,91)(H,71,92)(H,72,93)(H3,73,74,75,76,77,78,88,89,90). The SMILES string of the molecule is Cc1ccc(N=Nc2ccc(NC(=O)Oc3ccc(NS(C)(=O)=O)cc3C(=O)Nc3nc(NC(=O)c4cc(NS(C)(=O)=O)ccc4OC(=O)Nc4ccc(N=Nc5ccc(C)cc5)cc4)nc(NC(=O)c4cc(NS(C)(=O)=O)ccc4OC(=O)Nc4ccc(N=Nc5ccc(C)cc5)cc4)n3)cc2)cc1. The molecule has 36 heteroatoms. The van der Waals surface area contributed by atoms with Crippen molar-refractivity contribution in [2.24, 2.45) is 30.7 Å². The first kappa shape index (κ1) is 74.0. The normalized spacial score (nSPS) is 11.5. The molecule has 0 radical (unpaired) electrons. The summed E-state index contributed by atoms with van der Waals surface area (Å²) in [5.41, 5.74) is 4.41. The molecule has 0 bridgehead atoms. The van der Waals surface area contributed by atoms with E-state index in [1.807, 2.05) is 57.2 Å². The first-order valence-electron chi connectivity index (χ1n) is 30.7. The van der Waals surface area contributed by atoms with Gasteiger partial charge in [-0.3, -0.25) is 60.5 Å². The highest BCUT2D eigenvalue weighted by atomic mass is 32.2. The molecule has 9 aromatic carbocycles. The molecule has 0 aliphatic heterocycles. The molecule has 9 N–H and O–H groups in total. The molecular weight excluding hydrogens is 1420 g/mol. The van der Waals surface area contributed by atoms with Crippen molar-refractivity contribution >= 4 is 152 Å². The topological polar surface area (TPSA) is 454 Å². The minimum absolute atomic E-state index is 0.200. The summed E-state index contributed by atoms with van der Waals surface area (Å²) in [5, 5.41) is 39.8. The van der Waals surface area contributed by atoms with E-state index in [-0.39, 0.29) is 34.1 Å². The van der Waals surface area contributed by atoms with Gasteiger partial charge < -0.3 is 14.2 Å². The number of nitrogens with zero attached hydrogens (tertiary/aromatic N) is 9. The van der Waals surface area contributed by atoms with Crippen LogP contribution in [0.2, 0.25) is 0 Å². The second-order valence-electron chi connectivity index (χ2n) is 22.7. The van der Waals surface area contributed by atoms with Crippen molar-refractivity contribution in [1.82, 2.24) is 15.0 Å². The van der Waals surface area contributed by atoms with Gasteiger partial charge in [-0.25, -0.2) is 39.6 Å². The zero-order valence-electron chi connectivity index (χ0n) is 55.9. The molecule has 10 aromatic rings. The third kappa shape index (κ3) is 22.9. The molecule has 1 heterocycles. The van der Waals surface area contributed by atoms with Gasteiger partial charge in [0.15, 0.2) is 0 Å². The quantitative estimate of drug-likeness (QED) is 0.0254. The molecule has 0 atom stereocenters. The lowest BCUT2D eigenvalue weighted by atomic mass is 10.1. The van der Waals surface area contributed by atoms with Gasteiger partial charge in [-0.15, -0.1) is 0 Å². The molecule has 6 amide bonds. The average Bonchev–Trinajstić information content (AvgIpc) is 0.817. The number of carbonyl (C=O) groups excluding carboxylic acids is 6. The van der Waals surface area contributed by atoms with Crippen LogP contribution in [0.15, 0.2) is 231 Å². The lowest BCUT2D eigenvalue weighted by Crippen LogP contribution is -2.24. The lowest BCUT2D eigenvalue weighted by Gasteiger charge is -2.15. The Morgan fingerprint density at radius 2 is 0.486 bits per heavy atom. The number of azo groups is 3. The number of sulfonamides is 3. The molecule has 0 unspecified atom stereocenters. The number of nitrogens with one attached hydrogen (secondary N) is 9. The number of benzene rings is 9. The largest absolute Gasteiger partial charge is 0.417 e. The van der Waals surface area contributed by atoms with Crippen molar-refractivity contribution in [1.29, 1.82) is 0 Å². The molecule has 0 fully saturated rings. The van der Waals surface area contributed by atoms with Crippen LogP contribution in [0.5, 0.6) is 17.2 Å². The molecule has 10 rings (SSSR count). The molecule has 0 aliphatic rings. The molecule has 33 nitrogen and oxygen atoms in total. The van der Waals surface area contributed by atoms with Crippen molar-refractivity contribution in [3.05, 3.63) is 234 Å². The number of ether oxygens (including phenoxy) is 3. The maximum absolute atomic E-state index is 14.7. The molecule has 534 valence electrons. The predicted molar refractivity (Wildman–Crippen MR) is 393 cm³/mol. The van der Waals surface area contributed by atoms with Crippen LogP contribution < -0.4 is 60.3 Å². The molecular formula is C69H60N18O15S3. The minimum Gasteiger partial charge on any atom is -0.409 e. The average molecular weight is 1480 g/mol. The first-order chi connectivity index (χ1) is 49.9. The van der Waals surface area contributed by atoms with E-state index >= 15 is 0 Å². The Morgan fingerprint density at radius 3 is 0.695 bits per heavy atom. The van der Waals surface area contributed by atoms with Gasteiger partial charge in [0.25, 0.3) is 17.7 Å². The molecule has 0 aliphatic carbocycles. The maximum Gasteiger partial charge on any atom is 0.417 e. The summed E-state index contributed by atoms with van der Waals surface area (Å²) >= 11 is 0. The van der Waals surface area contributed by atoms with E-state index in [2.05, 4.69) is 91.7 Å². The Bertz CT molecular complexity index is 4880. The second-order valence-corrected chi connectivity index (χ2v) is 28.0. The van der Waals surface area contributed by atoms with Crippen LogP contribution >= 0.6 is 0 Å². The van der Waals surface area contributed by atoms with Gasteiger partial charge >= 0.3 is 18.3 Å². The van der Waals surface area contributed by atoms with Crippen LogP contribution in [0, 0.1) is 20.8 Å². The third-order valence-corrected chi connectivity index (χ3v) is 15.6. The number of anilines is 9. The van der Waals surface area contributed by atoms with Gasteiger partial charge in [-0.2, -0.15) is 45.6 Å². The Labute approximate surface area is 599 Å². The third-order valence-electron chi connectivity index (χ3n) is 13.8. The van der Waals surface area contributed by atoms with E-state index in [0.29, 0.717) is 34.1 Å². The van der Waals surface area contributed by atoms with Gasteiger partial charge in [0.2, 0.25) is 47.9 Å². The van der Waals surface area contributed by atoms with Crippen molar-refractivity contribution in [2.45, 2.75) is 20.8 Å². The summed E-state index contributed by atoms with van der Waals surface area (Å²) in [6, 6.07) is 49.8. The zero-order valence-corrected chi connectivity index (χ0v) is 58.4. The summed E-state index contributed by atoms with van der Waals surface area (Å²) < 4.78 is 98.4.